The standard InChI is InChI=1S/C89H56N8Si/c90-56-57-43-47-73-74(51-57)66-31-10-11-37-72(66)86(73)58-44-48-83-75(53-58)71-36-16-21-42-82(71)96(83)88-91-87(59-23-22-30-65(52-59)98(62-24-4-1-5-25-62,63-26-6-2-7-27-63)64-28-8-3-9-29-64)92-89(93-88)97-84-49-45-60(94-78-38-17-12-32-67(78)68-33-13-18-39-79(68)94)54-76(84)77-55-61(46-50-85(77)97)95-80-40-19-14-34-69(80)70-35-15-20-41-81(70)95/h1-55,86H. The third-order valence-corrected chi connectivity index (χ3v) is 25.5. The lowest BCUT2D eigenvalue weighted by atomic mass is 9.88. The number of rotatable bonds is 10. The molecule has 98 heavy (non-hydrogen) atoms. The Labute approximate surface area is 564 Å². The van der Waals surface area contributed by atoms with E-state index in [2.05, 4.69) is 346 Å². The number of hydrogen-bond donors (Lipinski definition) is 0. The summed E-state index contributed by atoms with van der Waals surface area (Å²) in [6, 6.07) is 124. The summed E-state index contributed by atoms with van der Waals surface area (Å²) >= 11 is 0. The third kappa shape index (κ3) is 8.19. The van der Waals surface area contributed by atoms with Gasteiger partial charge >= 0.3 is 0 Å². The Morgan fingerprint density at radius 3 is 1.18 bits per heavy atom. The molecule has 20 rings (SSSR count). The summed E-state index contributed by atoms with van der Waals surface area (Å²) in [7, 11) is -3.03. The van der Waals surface area contributed by atoms with Gasteiger partial charge in [-0.25, -0.2) is 0 Å². The fourth-order valence-electron chi connectivity index (χ4n) is 16.6. The molecule has 0 saturated heterocycles. The van der Waals surface area contributed by atoms with Crippen LogP contribution in [0, 0.1) is 11.3 Å². The highest BCUT2D eigenvalue weighted by atomic mass is 28.3. The fourth-order valence-corrected chi connectivity index (χ4v) is 21.3. The normalized spacial score (nSPS) is 13.0. The van der Waals surface area contributed by atoms with Gasteiger partial charge < -0.3 is 9.13 Å². The molecule has 9 heteroatoms. The quantitative estimate of drug-likeness (QED) is 0.101. The van der Waals surface area contributed by atoms with Gasteiger partial charge in [-0.2, -0.15) is 20.2 Å². The Morgan fingerprint density at radius 1 is 0.286 bits per heavy atom. The second-order valence-corrected chi connectivity index (χ2v) is 29.5. The van der Waals surface area contributed by atoms with Crippen LogP contribution in [-0.2, 0) is 0 Å². The van der Waals surface area contributed by atoms with Crippen molar-refractivity contribution in [2.75, 3.05) is 0 Å². The zero-order valence-electron chi connectivity index (χ0n) is 52.9. The van der Waals surface area contributed by atoms with Gasteiger partial charge in [-0.15, -0.1) is 0 Å². The lowest BCUT2D eigenvalue weighted by molar-refractivity contribution is 0.892. The van der Waals surface area contributed by atoms with Crippen molar-refractivity contribution in [2.45, 2.75) is 5.92 Å². The number of para-hydroxylation sites is 5. The zero-order chi connectivity index (χ0) is 64.6. The molecule has 0 bridgehead atoms. The van der Waals surface area contributed by atoms with Crippen molar-refractivity contribution in [3.8, 4) is 51.9 Å². The van der Waals surface area contributed by atoms with E-state index in [4.69, 9.17) is 15.0 Å². The van der Waals surface area contributed by atoms with Crippen LogP contribution >= 0.6 is 0 Å². The third-order valence-electron chi connectivity index (χ3n) is 20.7. The highest BCUT2D eigenvalue weighted by Gasteiger charge is 2.42. The molecule has 8 nitrogen and oxygen atoms in total. The molecule has 0 fully saturated rings. The Bertz CT molecular complexity index is 6160. The van der Waals surface area contributed by atoms with Crippen LogP contribution in [0.2, 0.25) is 0 Å². The Hall–Kier alpha value is -13.0. The van der Waals surface area contributed by atoms with Crippen LogP contribution in [0.1, 0.15) is 28.2 Å². The van der Waals surface area contributed by atoms with Crippen LogP contribution in [0.5, 0.6) is 0 Å². The lowest BCUT2D eigenvalue weighted by Crippen LogP contribution is -2.74. The molecule has 0 spiro atoms. The highest BCUT2D eigenvalue weighted by Crippen LogP contribution is 2.50. The maximum Gasteiger partial charge on any atom is 0.240 e. The molecule has 19 aromatic rings. The highest BCUT2D eigenvalue weighted by molar-refractivity contribution is 7.20. The lowest BCUT2D eigenvalue weighted by Gasteiger charge is -2.34. The van der Waals surface area contributed by atoms with Gasteiger partial charge in [0, 0.05) is 65.9 Å². The molecule has 0 saturated carbocycles. The van der Waals surface area contributed by atoms with Crippen molar-refractivity contribution >= 4 is 116 Å². The van der Waals surface area contributed by atoms with Crippen molar-refractivity contribution in [3.05, 3.63) is 356 Å². The van der Waals surface area contributed by atoms with Crippen LogP contribution in [0.15, 0.2) is 334 Å². The van der Waals surface area contributed by atoms with Gasteiger partial charge in [-0.3, -0.25) is 9.13 Å². The van der Waals surface area contributed by atoms with Gasteiger partial charge in [-0.1, -0.05) is 243 Å². The predicted molar refractivity (Wildman–Crippen MR) is 404 cm³/mol. The molecule has 0 radical (unpaired) electrons. The van der Waals surface area contributed by atoms with Crippen molar-refractivity contribution in [3.63, 3.8) is 0 Å². The van der Waals surface area contributed by atoms with Crippen LogP contribution < -0.4 is 20.7 Å². The minimum atomic E-state index is -3.03. The van der Waals surface area contributed by atoms with E-state index in [0.29, 0.717) is 23.3 Å². The maximum atomic E-state index is 10.1. The van der Waals surface area contributed by atoms with Crippen LogP contribution in [0.4, 0.5) is 0 Å². The SMILES string of the molecule is N#Cc1ccc2c(c1)-c1ccccc1C2c1ccc2c(c1)c1ccccc1n2-c1nc(-c2cccc([Si](c3ccccc3)(c3ccccc3)c3ccccc3)c2)nc(-n2c3ccc(-n4c5ccccc5c5ccccc54)cc3c3cc(-n4c5ccccc5c5ccccc54)ccc32)n1. The molecule has 5 heterocycles. The first-order chi connectivity index (χ1) is 48.6. The minimum Gasteiger partial charge on any atom is -0.309 e. The van der Waals surface area contributed by atoms with Gasteiger partial charge in [0.25, 0.3) is 0 Å². The molecule has 5 aromatic heterocycles. The summed E-state index contributed by atoms with van der Waals surface area (Å²) in [5, 5.41) is 24.2. The molecule has 0 N–H and O–H groups in total. The average Bonchev–Trinajstić information content (AvgIpc) is 1.35. The number of nitrogens with zero attached hydrogens (tertiary/aromatic N) is 8. The summed E-state index contributed by atoms with van der Waals surface area (Å²) in [4.78, 5) is 17.4. The van der Waals surface area contributed by atoms with E-state index in [1.165, 1.54) is 59.0 Å². The first-order valence-electron chi connectivity index (χ1n) is 33.3. The molecule has 456 valence electrons. The van der Waals surface area contributed by atoms with Crippen molar-refractivity contribution in [2.24, 2.45) is 0 Å². The van der Waals surface area contributed by atoms with Crippen LogP contribution in [0.3, 0.4) is 0 Å². The van der Waals surface area contributed by atoms with E-state index in [9.17, 15) is 5.26 Å². The number of nitriles is 1. The second kappa shape index (κ2) is 21.8. The molecule has 1 aliphatic rings. The van der Waals surface area contributed by atoms with E-state index in [1.54, 1.807) is 0 Å². The molecular formula is C89H56N8Si. The smallest absolute Gasteiger partial charge is 0.240 e. The summed E-state index contributed by atoms with van der Waals surface area (Å²) < 4.78 is 9.32. The van der Waals surface area contributed by atoms with Gasteiger partial charge in [0.15, 0.2) is 13.9 Å². The van der Waals surface area contributed by atoms with Crippen molar-refractivity contribution < 1.29 is 0 Å². The summed E-state index contributed by atoms with van der Waals surface area (Å²) in [6.45, 7) is 0. The summed E-state index contributed by atoms with van der Waals surface area (Å²) in [6.07, 6.45) is 0. The first-order valence-corrected chi connectivity index (χ1v) is 35.3. The van der Waals surface area contributed by atoms with Gasteiger partial charge in [-0.05, 0) is 140 Å². The van der Waals surface area contributed by atoms with E-state index >= 15 is 0 Å². The predicted octanol–water partition coefficient (Wildman–Crippen LogP) is 18.3. The monoisotopic (exact) mass is 1260 g/mol. The maximum absolute atomic E-state index is 10.1. The molecule has 1 atom stereocenters. The minimum absolute atomic E-state index is 0.0392. The average molecular weight is 1270 g/mol. The summed E-state index contributed by atoms with van der Waals surface area (Å²) in [5.41, 5.74) is 17.9. The van der Waals surface area contributed by atoms with Gasteiger partial charge in [0.1, 0.15) is 0 Å². The number of benzene rings is 14. The van der Waals surface area contributed by atoms with Crippen LogP contribution in [0.25, 0.3) is 133 Å². The Kier molecular flexibility index (Phi) is 12.3. The zero-order valence-corrected chi connectivity index (χ0v) is 53.9. The molecule has 0 amide bonds. The number of fused-ring (bicyclic) bond motifs is 15. The van der Waals surface area contributed by atoms with Gasteiger partial charge in [0.05, 0.1) is 55.8 Å². The second-order valence-electron chi connectivity index (χ2n) is 25.7. The topological polar surface area (TPSA) is 82.2 Å². The van der Waals surface area contributed by atoms with Crippen molar-refractivity contribution in [1.82, 2.24) is 33.2 Å². The molecule has 14 aromatic carbocycles. The summed E-state index contributed by atoms with van der Waals surface area (Å²) in [5.74, 6) is 1.48. The first kappa shape index (κ1) is 55.4. The molecular weight excluding hydrogens is 1210 g/mol. The fraction of sp³-hybridized carbons (Fsp3) is 0.0112. The van der Waals surface area contributed by atoms with Gasteiger partial charge in [0.2, 0.25) is 11.9 Å². The Balaban J connectivity index is 0.864. The number of aromatic nitrogens is 7. The van der Waals surface area contributed by atoms with E-state index in [1.807, 2.05) is 12.1 Å². The van der Waals surface area contributed by atoms with Crippen LogP contribution in [-0.4, -0.2) is 41.3 Å². The van der Waals surface area contributed by atoms with E-state index in [-0.39, 0.29) is 5.92 Å². The molecule has 0 aliphatic heterocycles. The van der Waals surface area contributed by atoms with Crippen molar-refractivity contribution in [1.29, 1.82) is 5.26 Å². The number of hydrogen-bond acceptors (Lipinski definition) is 4. The Morgan fingerprint density at radius 2 is 0.684 bits per heavy atom. The van der Waals surface area contributed by atoms with E-state index < -0.39 is 8.07 Å². The molecule has 1 aliphatic carbocycles. The molecule has 1 unspecified atom stereocenters. The van der Waals surface area contributed by atoms with E-state index in [0.717, 1.165) is 93.7 Å². The largest absolute Gasteiger partial charge is 0.309 e.